The Morgan fingerprint density at radius 3 is 2.45 bits per heavy atom. The van der Waals surface area contributed by atoms with E-state index in [9.17, 15) is 8.78 Å². The second-order valence-corrected chi connectivity index (χ2v) is 4.74. The largest absolute Gasteiger partial charge is 0.494 e. The van der Waals surface area contributed by atoms with E-state index in [0.29, 0.717) is 24.2 Å². The highest BCUT2D eigenvalue weighted by Gasteiger charge is 2.10. The van der Waals surface area contributed by atoms with Crippen LogP contribution in [0.3, 0.4) is 0 Å². The van der Waals surface area contributed by atoms with Crippen molar-refractivity contribution >= 4 is 12.6 Å². The third-order valence-corrected chi connectivity index (χ3v) is 2.99. The Kier molecular flexibility index (Phi) is 8.22. The van der Waals surface area contributed by atoms with Gasteiger partial charge in [-0.3, -0.25) is 0 Å². The second-order valence-electron chi connectivity index (χ2n) is 4.74. The van der Waals surface area contributed by atoms with E-state index < -0.39 is 13.5 Å². The Hall–Kier alpha value is -1.14. The van der Waals surface area contributed by atoms with E-state index in [4.69, 9.17) is 14.8 Å². The molecule has 0 bridgehead atoms. The van der Waals surface area contributed by atoms with E-state index in [1.165, 1.54) is 0 Å². The predicted molar refractivity (Wildman–Crippen MR) is 75.5 cm³/mol. The van der Waals surface area contributed by atoms with Crippen LogP contribution in [0.4, 0.5) is 8.78 Å². The van der Waals surface area contributed by atoms with Crippen molar-refractivity contribution in [2.24, 2.45) is 0 Å². The predicted octanol–water partition coefficient (Wildman–Crippen LogP) is 2.35. The number of ether oxygens (including phenoxy) is 1. The highest BCUT2D eigenvalue weighted by atomic mass is 19.3. The van der Waals surface area contributed by atoms with Gasteiger partial charge < -0.3 is 14.8 Å². The Balaban J connectivity index is 2.08. The van der Waals surface area contributed by atoms with E-state index in [1.807, 2.05) is 0 Å². The van der Waals surface area contributed by atoms with E-state index in [-0.39, 0.29) is 6.42 Å². The van der Waals surface area contributed by atoms with Gasteiger partial charge in [0.25, 0.3) is 0 Å². The van der Waals surface area contributed by atoms with Crippen LogP contribution in [0.5, 0.6) is 5.75 Å². The van der Waals surface area contributed by atoms with Crippen LogP contribution in [0.15, 0.2) is 24.3 Å². The molecule has 3 nitrogen and oxygen atoms in total. The number of unbranched alkanes of at least 4 members (excludes halogenated alkanes) is 4. The van der Waals surface area contributed by atoms with Gasteiger partial charge in [-0.15, -0.1) is 0 Å². The number of halogens is 2. The maximum Gasteiger partial charge on any atom is 0.488 e. The summed E-state index contributed by atoms with van der Waals surface area (Å²) in [7, 11) is -1.49. The normalized spacial score (nSPS) is 10.8. The molecule has 1 aromatic rings. The molecule has 0 aliphatic heterocycles. The zero-order chi connectivity index (χ0) is 14.8. The van der Waals surface area contributed by atoms with Gasteiger partial charge in [0, 0.05) is 6.42 Å². The molecular weight excluding hydrogens is 265 g/mol. The molecular formula is C14H21BF2O3. The topological polar surface area (TPSA) is 49.7 Å². The van der Waals surface area contributed by atoms with Crippen molar-refractivity contribution < 1.29 is 23.6 Å². The average Bonchev–Trinajstić information content (AvgIpc) is 2.41. The summed E-state index contributed by atoms with van der Waals surface area (Å²) in [4.78, 5) is 0. The highest BCUT2D eigenvalue weighted by Crippen LogP contribution is 2.11. The molecule has 0 aliphatic carbocycles. The van der Waals surface area contributed by atoms with Crippen LogP contribution < -0.4 is 10.2 Å². The fourth-order valence-corrected chi connectivity index (χ4v) is 1.89. The first-order chi connectivity index (χ1) is 9.59. The van der Waals surface area contributed by atoms with Crippen molar-refractivity contribution in [2.75, 3.05) is 6.61 Å². The summed E-state index contributed by atoms with van der Waals surface area (Å²) in [6, 6.07) is 6.66. The molecule has 112 valence electrons. The van der Waals surface area contributed by atoms with Crippen LogP contribution in [-0.2, 0) is 0 Å². The third kappa shape index (κ3) is 7.45. The summed E-state index contributed by atoms with van der Waals surface area (Å²) in [5, 5.41) is 18.1. The molecule has 6 heteroatoms. The molecule has 0 aromatic heterocycles. The van der Waals surface area contributed by atoms with Crippen LogP contribution >= 0.6 is 0 Å². The lowest BCUT2D eigenvalue weighted by molar-refractivity contribution is 0.133. The van der Waals surface area contributed by atoms with E-state index >= 15 is 0 Å². The molecule has 0 saturated carbocycles. The number of rotatable bonds is 10. The SMILES string of the molecule is OB(O)c1cccc(OCCCCCCCC(F)F)c1. The zero-order valence-electron chi connectivity index (χ0n) is 11.5. The lowest BCUT2D eigenvalue weighted by Gasteiger charge is -2.07. The van der Waals surface area contributed by atoms with Crippen molar-refractivity contribution in [3.8, 4) is 5.75 Å². The minimum atomic E-state index is -2.19. The van der Waals surface area contributed by atoms with Crippen molar-refractivity contribution in [1.82, 2.24) is 0 Å². The van der Waals surface area contributed by atoms with Gasteiger partial charge >= 0.3 is 7.12 Å². The average molecular weight is 286 g/mol. The van der Waals surface area contributed by atoms with Crippen LogP contribution in [-0.4, -0.2) is 30.2 Å². The summed E-state index contributed by atoms with van der Waals surface area (Å²) in [5.41, 5.74) is 0.398. The Labute approximate surface area is 118 Å². The molecule has 0 fully saturated rings. The van der Waals surface area contributed by atoms with Gasteiger partial charge in [-0.05, 0) is 30.4 Å². The second kappa shape index (κ2) is 9.72. The fourth-order valence-electron chi connectivity index (χ4n) is 1.89. The lowest BCUT2D eigenvalue weighted by atomic mass is 9.80. The van der Waals surface area contributed by atoms with Gasteiger partial charge in [-0.1, -0.05) is 31.4 Å². The van der Waals surface area contributed by atoms with Gasteiger partial charge in [0.15, 0.2) is 0 Å². The van der Waals surface area contributed by atoms with Crippen LogP contribution in [0.25, 0.3) is 0 Å². The highest BCUT2D eigenvalue weighted by molar-refractivity contribution is 6.58. The number of benzene rings is 1. The van der Waals surface area contributed by atoms with Gasteiger partial charge in [0.2, 0.25) is 6.43 Å². The van der Waals surface area contributed by atoms with Crippen molar-refractivity contribution in [3.05, 3.63) is 24.3 Å². The van der Waals surface area contributed by atoms with Gasteiger partial charge in [-0.25, -0.2) is 8.78 Å². The van der Waals surface area contributed by atoms with Gasteiger partial charge in [0.1, 0.15) is 5.75 Å². The Morgan fingerprint density at radius 1 is 1.05 bits per heavy atom. The van der Waals surface area contributed by atoms with Gasteiger partial charge in [-0.2, -0.15) is 0 Å². The first-order valence-electron chi connectivity index (χ1n) is 6.96. The maximum atomic E-state index is 11.9. The molecule has 0 radical (unpaired) electrons. The smallest absolute Gasteiger partial charge is 0.488 e. The summed E-state index contributed by atoms with van der Waals surface area (Å²) in [6.07, 6.45) is 1.96. The first kappa shape index (κ1) is 16.9. The van der Waals surface area contributed by atoms with Crippen LogP contribution in [0.2, 0.25) is 0 Å². The molecule has 0 spiro atoms. The minimum absolute atomic E-state index is 0.00716. The molecule has 1 rings (SSSR count). The van der Waals surface area contributed by atoms with E-state index in [0.717, 1.165) is 25.7 Å². The summed E-state index contributed by atoms with van der Waals surface area (Å²) in [5.74, 6) is 0.605. The van der Waals surface area contributed by atoms with Gasteiger partial charge in [0.05, 0.1) is 6.61 Å². The minimum Gasteiger partial charge on any atom is -0.494 e. The summed E-state index contributed by atoms with van der Waals surface area (Å²) < 4.78 is 29.3. The first-order valence-corrected chi connectivity index (χ1v) is 6.96. The fraction of sp³-hybridized carbons (Fsp3) is 0.571. The van der Waals surface area contributed by atoms with E-state index in [1.54, 1.807) is 24.3 Å². The summed E-state index contributed by atoms with van der Waals surface area (Å²) >= 11 is 0. The summed E-state index contributed by atoms with van der Waals surface area (Å²) in [6.45, 7) is 0.541. The third-order valence-electron chi connectivity index (χ3n) is 2.99. The molecule has 0 saturated heterocycles. The van der Waals surface area contributed by atoms with Crippen molar-refractivity contribution in [1.29, 1.82) is 0 Å². The monoisotopic (exact) mass is 286 g/mol. The van der Waals surface area contributed by atoms with E-state index in [2.05, 4.69) is 0 Å². The van der Waals surface area contributed by atoms with Crippen LogP contribution in [0, 0.1) is 0 Å². The maximum absolute atomic E-state index is 11.9. The molecule has 0 amide bonds. The zero-order valence-corrected chi connectivity index (χ0v) is 11.5. The molecule has 2 N–H and O–H groups in total. The number of hydrogen-bond donors (Lipinski definition) is 2. The quantitative estimate of drug-likeness (QED) is 0.513. The molecule has 0 heterocycles. The molecule has 20 heavy (non-hydrogen) atoms. The standard InChI is InChI=1S/C14H21BF2O3/c16-14(17)9-4-2-1-3-5-10-20-13-8-6-7-12(11-13)15(18)19/h6-8,11,14,18-19H,1-5,9-10H2. The number of hydrogen-bond acceptors (Lipinski definition) is 3. The Bertz CT molecular complexity index is 375. The van der Waals surface area contributed by atoms with Crippen molar-refractivity contribution in [2.45, 2.75) is 45.0 Å². The molecule has 1 aromatic carbocycles. The van der Waals surface area contributed by atoms with Crippen LogP contribution in [0.1, 0.15) is 38.5 Å². The molecule has 0 aliphatic rings. The molecule has 0 atom stereocenters. The van der Waals surface area contributed by atoms with Crippen molar-refractivity contribution in [3.63, 3.8) is 0 Å². The lowest BCUT2D eigenvalue weighted by Crippen LogP contribution is -2.29. The number of alkyl halides is 2. The molecule has 0 unspecified atom stereocenters. The Morgan fingerprint density at radius 2 is 1.75 bits per heavy atom.